The van der Waals surface area contributed by atoms with Gasteiger partial charge in [-0.3, -0.25) is 9.59 Å². The van der Waals surface area contributed by atoms with Crippen molar-refractivity contribution >= 4 is 46.4 Å². The summed E-state index contributed by atoms with van der Waals surface area (Å²) >= 11 is 1.48. The van der Waals surface area contributed by atoms with E-state index < -0.39 is 119 Å². The van der Waals surface area contributed by atoms with E-state index in [0.29, 0.717) is 24.2 Å². The van der Waals surface area contributed by atoms with Crippen LogP contribution in [0.15, 0.2) is 33.2 Å². The molecule has 0 bridgehead atoms. The Labute approximate surface area is 467 Å². The van der Waals surface area contributed by atoms with E-state index in [1.807, 2.05) is 43.5 Å². The fourth-order valence-corrected chi connectivity index (χ4v) is 13.2. The number of carboxylic acids is 1. The topological polar surface area (TPSA) is 296 Å². The number of aryl methyl sites for hydroxylation is 1. The maximum absolute atomic E-state index is 14.5. The van der Waals surface area contributed by atoms with Crippen LogP contribution in [0.1, 0.15) is 130 Å². The molecule has 2 aromatic rings. The molecule has 5 heterocycles. The van der Waals surface area contributed by atoms with Crippen molar-refractivity contribution in [3.8, 4) is 0 Å². The van der Waals surface area contributed by atoms with Crippen LogP contribution >= 0.6 is 11.8 Å². The van der Waals surface area contributed by atoms with Gasteiger partial charge < -0.3 is 83.4 Å². The number of pyridine rings is 1. The lowest BCUT2D eigenvalue weighted by molar-refractivity contribution is -0.317. The fraction of sp³-hybridized carbons (Fsp3) is 0.768. The first-order valence-corrected chi connectivity index (χ1v) is 28.7. The van der Waals surface area contributed by atoms with Crippen LogP contribution in [0.4, 0.5) is 4.79 Å². The first-order valence-electron chi connectivity index (χ1n) is 27.7. The SMILES string of the molecule is CC[C@H]1OC(=O)[C@H](C)[C@@H](O[C@H]2C[C@@](C)(OC)[C@@H](OC(=O)NCCOCCSc3cc4c5c(c3)c(=O)c(C(=O)O)cn5C(C)CC4)[C@H](C)O2)[C@H](C)[C@@H](OC2O[C@H](C)C[C@H](N(C)C)[C@H]2O)[C@](C)(O)C[C@@H](C)/C(=N\O)[C@H](C)[C@@H](O)[C@]1(C)O. The number of hydrogen-bond donors (Lipinski definition) is 7. The number of hydrogen-bond acceptors (Lipinski definition) is 20. The number of esters is 1. The van der Waals surface area contributed by atoms with Gasteiger partial charge >= 0.3 is 18.0 Å². The maximum atomic E-state index is 14.5. The van der Waals surface area contributed by atoms with Gasteiger partial charge in [-0.15, -0.1) is 11.8 Å². The van der Waals surface area contributed by atoms with Crippen molar-refractivity contribution in [2.45, 2.75) is 210 Å². The van der Waals surface area contributed by atoms with Crippen LogP contribution in [0.25, 0.3) is 10.9 Å². The number of nitrogens with one attached hydrogen (secondary N) is 1. The summed E-state index contributed by atoms with van der Waals surface area (Å²) in [5.74, 6) is -5.35. The summed E-state index contributed by atoms with van der Waals surface area (Å²) in [6.07, 6.45) is -8.33. The summed E-state index contributed by atoms with van der Waals surface area (Å²) < 4.78 is 52.1. The van der Waals surface area contributed by atoms with E-state index in [9.17, 15) is 49.9 Å². The molecule has 0 radical (unpaired) electrons. The molecule has 3 fully saturated rings. The Bertz CT molecular complexity index is 2530. The van der Waals surface area contributed by atoms with Gasteiger partial charge in [0.2, 0.25) is 5.43 Å². The molecule has 2 unspecified atom stereocenters. The molecule has 23 heteroatoms. The number of nitrogens with zero attached hydrogens (tertiary/aromatic N) is 3. The zero-order valence-corrected chi connectivity index (χ0v) is 49.2. The number of aromatic carboxylic acids is 1. The molecule has 22 nitrogen and oxygen atoms in total. The Morgan fingerprint density at radius 1 is 0.962 bits per heavy atom. The van der Waals surface area contributed by atoms with Crippen molar-refractivity contribution in [3.05, 3.63) is 39.7 Å². The van der Waals surface area contributed by atoms with Gasteiger partial charge in [-0.2, -0.15) is 0 Å². The van der Waals surface area contributed by atoms with E-state index in [4.69, 9.17) is 37.9 Å². The third kappa shape index (κ3) is 14.3. The van der Waals surface area contributed by atoms with Crippen LogP contribution in [-0.4, -0.2) is 195 Å². The Morgan fingerprint density at radius 2 is 1.66 bits per heavy atom. The summed E-state index contributed by atoms with van der Waals surface area (Å²) in [5, 5.41) is 74.9. The number of methoxy groups -OCH3 is 1. The molecule has 0 spiro atoms. The van der Waals surface area contributed by atoms with Crippen LogP contribution in [0, 0.1) is 23.7 Å². The van der Waals surface area contributed by atoms with Crippen LogP contribution in [0.5, 0.6) is 0 Å². The Morgan fingerprint density at radius 3 is 2.29 bits per heavy atom. The van der Waals surface area contributed by atoms with E-state index in [1.54, 1.807) is 54.5 Å². The summed E-state index contributed by atoms with van der Waals surface area (Å²) in [4.78, 5) is 55.7. The monoisotopic (exact) mass is 1140 g/mol. The summed E-state index contributed by atoms with van der Waals surface area (Å²) in [7, 11) is 5.14. The number of carbonyl (C=O) groups is 3. The van der Waals surface area contributed by atoms with Crippen molar-refractivity contribution in [1.29, 1.82) is 0 Å². The number of cyclic esters (lactones) is 1. The second kappa shape index (κ2) is 26.5. The number of rotatable bonds is 16. The molecule has 4 aliphatic heterocycles. The van der Waals surface area contributed by atoms with Gasteiger partial charge in [-0.1, -0.05) is 32.9 Å². The van der Waals surface area contributed by atoms with Crippen LogP contribution < -0.4 is 10.7 Å². The molecule has 4 aliphatic rings. The van der Waals surface area contributed by atoms with Gasteiger partial charge in [0.05, 0.1) is 66.5 Å². The highest BCUT2D eigenvalue weighted by Gasteiger charge is 2.54. The van der Waals surface area contributed by atoms with E-state index in [0.717, 1.165) is 28.8 Å². The summed E-state index contributed by atoms with van der Waals surface area (Å²) in [5.41, 5.74) is -4.04. The van der Waals surface area contributed by atoms with E-state index in [-0.39, 0.29) is 61.9 Å². The standard InChI is InChI=1S/C56H88N4O18S/c1-15-40-56(11,69)47(63)31(5)42(58-70)28(2)25-54(9,68)48(77-52-45(62)39(59(12)13)22-30(4)73-52)32(6)46(33(7)51(66)75-40)76-41-26-55(10,71-14)49(34(8)74-41)78-53(67)57-18-19-72-20-21-79-36-23-35-17-16-29(3)60-27-38(50(64)65)44(61)37(24-36)43(35)60/h23-24,27-34,39-41,45-49,52,62-63,68-70H,15-22,25-26H2,1-14H3,(H,57,67)(H,64,65)/b58-42+/t28-,29?,30-,31+,32+,33-,34+,39+,40-,41+,45-,46+,47-,48-,49+,52?,54-,55-,56-/m1/s1. The maximum Gasteiger partial charge on any atom is 0.407 e. The number of benzene rings is 1. The number of carboxylic acid groups (broad SMARTS) is 1. The minimum absolute atomic E-state index is 0.0235. The second-order valence-corrected chi connectivity index (χ2v) is 24.5. The number of aliphatic hydroxyl groups excluding tert-OH is 2. The van der Waals surface area contributed by atoms with E-state index in [1.165, 1.54) is 38.9 Å². The van der Waals surface area contributed by atoms with Crippen molar-refractivity contribution in [3.63, 3.8) is 0 Å². The molecule has 19 atom stereocenters. The zero-order valence-electron chi connectivity index (χ0n) is 48.4. The van der Waals surface area contributed by atoms with Crippen molar-refractivity contribution < 1.29 is 83.0 Å². The van der Waals surface area contributed by atoms with Gasteiger partial charge in [-0.05, 0) is 112 Å². The largest absolute Gasteiger partial charge is 0.477 e. The predicted molar refractivity (Wildman–Crippen MR) is 292 cm³/mol. The molecule has 79 heavy (non-hydrogen) atoms. The van der Waals surface area contributed by atoms with Crippen LogP contribution in [-0.2, 0) is 49.1 Å². The third-order valence-corrected chi connectivity index (χ3v) is 17.8. The van der Waals surface area contributed by atoms with Gasteiger partial charge in [0.15, 0.2) is 18.7 Å². The number of likely N-dealkylation sites (N-methyl/N-ethyl adjacent to an activating group) is 1. The average molecular weight is 1140 g/mol. The molecule has 6 rings (SSSR count). The lowest BCUT2D eigenvalue weighted by Gasteiger charge is -2.49. The zero-order chi connectivity index (χ0) is 58.6. The third-order valence-electron chi connectivity index (χ3n) is 16.9. The highest BCUT2D eigenvalue weighted by molar-refractivity contribution is 7.99. The molecule has 0 saturated carbocycles. The van der Waals surface area contributed by atoms with Gasteiger partial charge in [0.1, 0.15) is 29.0 Å². The van der Waals surface area contributed by atoms with Crippen molar-refractivity contribution in [1.82, 2.24) is 14.8 Å². The van der Waals surface area contributed by atoms with Gasteiger partial charge in [0.25, 0.3) is 0 Å². The van der Waals surface area contributed by atoms with Crippen molar-refractivity contribution in [2.75, 3.05) is 46.7 Å². The van der Waals surface area contributed by atoms with Crippen molar-refractivity contribution in [2.24, 2.45) is 28.8 Å². The molecule has 1 amide bonds. The molecule has 446 valence electrons. The summed E-state index contributed by atoms with van der Waals surface area (Å²) in [6, 6.07) is 3.46. The second-order valence-electron chi connectivity index (χ2n) is 23.3. The highest BCUT2D eigenvalue weighted by Crippen LogP contribution is 2.42. The first-order chi connectivity index (χ1) is 37.0. The van der Waals surface area contributed by atoms with Gasteiger partial charge in [0, 0.05) is 72.1 Å². The average Bonchev–Trinajstić information content (AvgIpc) is 3.47. The molecular weight excluding hydrogens is 1050 g/mol. The smallest absolute Gasteiger partial charge is 0.407 e. The minimum atomic E-state index is -2.04. The number of amides is 1. The van der Waals surface area contributed by atoms with Gasteiger partial charge in [-0.25, -0.2) is 9.59 Å². The fourth-order valence-electron chi connectivity index (χ4n) is 12.3. The summed E-state index contributed by atoms with van der Waals surface area (Å²) in [6.45, 7) is 19.0. The molecule has 1 aromatic heterocycles. The number of ether oxygens (including phenoxy) is 8. The van der Waals surface area contributed by atoms with Crippen LogP contribution in [0.2, 0.25) is 0 Å². The van der Waals surface area contributed by atoms with E-state index >= 15 is 0 Å². The lowest BCUT2D eigenvalue weighted by atomic mass is 9.73. The molecule has 7 N–H and O–H groups in total. The predicted octanol–water partition coefficient (Wildman–Crippen LogP) is 5.11. The normalized spacial score (nSPS) is 38.3. The number of carbonyl (C=O) groups excluding carboxylic acids is 2. The van der Waals surface area contributed by atoms with E-state index in [2.05, 4.69) is 10.5 Å². The number of aliphatic hydroxyl groups is 4. The molecule has 1 aromatic carbocycles. The minimum Gasteiger partial charge on any atom is -0.477 e. The lowest BCUT2D eigenvalue weighted by Crippen LogP contribution is -2.61. The Hall–Kier alpha value is -3.98. The first kappa shape index (κ1) is 64.2. The highest BCUT2D eigenvalue weighted by atomic mass is 32.2. The molecule has 3 saturated heterocycles. The Balaban J connectivity index is 1.16. The number of oxime groups is 1. The quantitative estimate of drug-likeness (QED) is 0.0378. The van der Waals surface area contributed by atoms with Crippen LogP contribution in [0.3, 0.4) is 0 Å². The number of aromatic nitrogens is 1. The number of alkyl carbamates (subject to hydrolysis) is 1. The number of thioether (sulfide) groups is 1. The molecular formula is C56H88N4O18S. The Kier molecular flexibility index (Phi) is 21.5. The molecule has 0 aliphatic carbocycles.